The molecule has 0 spiro atoms. The molecule has 0 aliphatic rings. The van der Waals surface area contributed by atoms with Gasteiger partial charge in [0, 0.05) is 12.6 Å². The minimum absolute atomic E-state index is 0.233. The van der Waals surface area contributed by atoms with E-state index in [2.05, 4.69) is 5.32 Å². The SMILES string of the molecule is O=C(/C=C/c1ccc(C(F)(F)F)cc1)NCc1ccc(F)cc1. The summed E-state index contributed by atoms with van der Waals surface area (Å²) in [4.78, 5) is 11.6. The Labute approximate surface area is 130 Å². The molecule has 1 amide bonds. The van der Waals surface area contributed by atoms with Crippen LogP contribution in [-0.2, 0) is 17.5 Å². The molecule has 0 unspecified atom stereocenters. The van der Waals surface area contributed by atoms with E-state index in [1.165, 1.54) is 36.4 Å². The van der Waals surface area contributed by atoms with Crippen LogP contribution in [0.15, 0.2) is 54.6 Å². The van der Waals surface area contributed by atoms with Crippen molar-refractivity contribution in [2.45, 2.75) is 12.7 Å². The zero-order valence-electron chi connectivity index (χ0n) is 11.9. The summed E-state index contributed by atoms with van der Waals surface area (Å²) in [5, 5.41) is 2.60. The lowest BCUT2D eigenvalue weighted by Crippen LogP contribution is -2.20. The first-order valence-corrected chi connectivity index (χ1v) is 6.72. The maximum atomic E-state index is 12.7. The van der Waals surface area contributed by atoms with Crippen LogP contribution in [0, 0.1) is 5.82 Å². The van der Waals surface area contributed by atoms with Crippen molar-refractivity contribution in [3.8, 4) is 0 Å². The van der Waals surface area contributed by atoms with Gasteiger partial charge in [-0.1, -0.05) is 24.3 Å². The summed E-state index contributed by atoms with van der Waals surface area (Å²) < 4.78 is 50.0. The highest BCUT2D eigenvalue weighted by atomic mass is 19.4. The summed E-state index contributed by atoms with van der Waals surface area (Å²) >= 11 is 0. The third kappa shape index (κ3) is 5.25. The van der Waals surface area contributed by atoms with E-state index in [1.54, 1.807) is 12.1 Å². The van der Waals surface area contributed by atoms with E-state index in [0.717, 1.165) is 17.7 Å². The van der Waals surface area contributed by atoms with Gasteiger partial charge in [0.05, 0.1) is 5.56 Å². The van der Waals surface area contributed by atoms with E-state index in [9.17, 15) is 22.4 Å². The second-order valence-corrected chi connectivity index (χ2v) is 4.80. The number of carbonyl (C=O) groups is 1. The maximum Gasteiger partial charge on any atom is 0.416 e. The van der Waals surface area contributed by atoms with Crippen molar-refractivity contribution in [1.82, 2.24) is 5.32 Å². The van der Waals surface area contributed by atoms with Crippen LogP contribution in [0.3, 0.4) is 0 Å². The standard InChI is InChI=1S/C17H13F4NO/c18-15-8-3-13(4-9-15)11-22-16(23)10-5-12-1-6-14(7-2-12)17(19,20)21/h1-10H,11H2,(H,22,23)/b10-5+. The Balaban J connectivity index is 1.89. The quantitative estimate of drug-likeness (QED) is 0.664. The van der Waals surface area contributed by atoms with Crippen molar-refractivity contribution in [2.75, 3.05) is 0 Å². The Hall–Kier alpha value is -2.63. The second kappa shape index (κ2) is 7.09. The molecule has 0 atom stereocenters. The van der Waals surface area contributed by atoms with Crippen molar-refractivity contribution in [3.63, 3.8) is 0 Å². The van der Waals surface area contributed by atoms with Crippen molar-refractivity contribution in [3.05, 3.63) is 77.1 Å². The highest BCUT2D eigenvalue weighted by Gasteiger charge is 2.29. The number of hydrogen-bond donors (Lipinski definition) is 1. The molecule has 0 saturated heterocycles. The minimum atomic E-state index is -4.38. The molecule has 0 heterocycles. The van der Waals surface area contributed by atoms with E-state index < -0.39 is 17.6 Å². The predicted molar refractivity (Wildman–Crippen MR) is 78.7 cm³/mol. The molecule has 2 nitrogen and oxygen atoms in total. The van der Waals surface area contributed by atoms with E-state index in [4.69, 9.17) is 0 Å². The third-order valence-electron chi connectivity index (χ3n) is 3.05. The van der Waals surface area contributed by atoms with Crippen LogP contribution in [0.2, 0.25) is 0 Å². The van der Waals surface area contributed by atoms with Crippen molar-refractivity contribution < 1.29 is 22.4 Å². The van der Waals surface area contributed by atoms with Crippen LogP contribution in [0.4, 0.5) is 17.6 Å². The second-order valence-electron chi connectivity index (χ2n) is 4.80. The van der Waals surface area contributed by atoms with Crippen LogP contribution in [-0.4, -0.2) is 5.91 Å². The Bertz CT molecular complexity index is 688. The molecule has 0 aliphatic carbocycles. The van der Waals surface area contributed by atoms with Gasteiger partial charge in [-0.2, -0.15) is 13.2 Å². The van der Waals surface area contributed by atoms with Crippen molar-refractivity contribution in [2.24, 2.45) is 0 Å². The van der Waals surface area contributed by atoms with Gasteiger partial charge in [0.25, 0.3) is 0 Å². The average Bonchev–Trinajstić information content (AvgIpc) is 2.52. The molecule has 0 aromatic heterocycles. The molecular weight excluding hydrogens is 310 g/mol. The molecule has 0 bridgehead atoms. The third-order valence-corrected chi connectivity index (χ3v) is 3.05. The molecular formula is C17H13F4NO. The molecule has 6 heteroatoms. The van der Waals surface area contributed by atoms with E-state index in [1.807, 2.05) is 0 Å². The number of amides is 1. The number of carbonyl (C=O) groups excluding carboxylic acids is 1. The number of hydrogen-bond acceptors (Lipinski definition) is 1. The van der Waals surface area contributed by atoms with Crippen LogP contribution < -0.4 is 5.32 Å². The molecule has 0 saturated carbocycles. The Kier molecular flexibility index (Phi) is 5.16. The van der Waals surface area contributed by atoms with Gasteiger partial charge in [-0.05, 0) is 41.5 Å². The highest BCUT2D eigenvalue weighted by Crippen LogP contribution is 2.29. The fourth-order valence-corrected chi connectivity index (χ4v) is 1.81. The van der Waals surface area contributed by atoms with E-state index in [0.29, 0.717) is 5.56 Å². The lowest BCUT2D eigenvalue weighted by atomic mass is 10.1. The summed E-state index contributed by atoms with van der Waals surface area (Å²) in [5.74, 6) is -0.753. The van der Waals surface area contributed by atoms with Gasteiger partial charge in [-0.15, -0.1) is 0 Å². The molecule has 0 fully saturated rings. The molecule has 2 rings (SSSR count). The van der Waals surface area contributed by atoms with Gasteiger partial charge in [0.2, 0.25) is 5.91 Å². The monoisotopic (exact) mass is 323 g/mol. The summed E-state index contributed by atoms with van der Waals surface area (Å²) in [5.41, 5.74) is 0.480. The largest absolute Gasteiger partial charge is 0.416 e. The number of rotatable bonds is 4. The molecule has 2 aromatic rings. The van der Waals surface area contributed by atoms with Crippen molar-refractivity contribution in [1.29, 1.82) is 0 Å². The van der Waals surface area contributed by atoms with Gasteiger partial charge < -0.3 is 5.32 Å². The summed E-state index contributed by atoms with van der Waals surface area (Å²) in [6.07, 6.45) is -1.74. The normalized spacial score (nSPS) is 11.7. The number of benzene rings is 2. The van der Waals surface area contributed by atoms with Gasteiger partial charge in [0.15, 0.2) is 0 Å². The van der Waals surface area contributed by atoms with Gasteiger partial charge in [-0.25, -0.2) is 4.39 Å². The van der Waals surface area contributed by atoms with E-state index >= 15 is 0 Å². The molecule has 0 aliphatic heterocycles. The minimum Gasteiger partial charge on any atom is -0.348 e. The average molecular weight is 323 g/mol. The number of halogens is 4. The molecule has 23 heavy (non-hydrogen) atoms. The predicted octanol–water partition coefficient (Wildman–Crippen LogP) is 4.17. The fraction of sp³-hybridized carbons (Fsp3) is 0.118. The first-order valence-electron chi connectivity index (χ1n) is 6.72. The Morgan fingerprint density at radius 3 is 2.17 bits per heavy atom. The first-order chi connectivity index (χ1) is 10.8. The van der Waals surface area contributed by atoms with E-state index in [-0.39, 0.29) is 12.4 Å². The van der Waals surface area contributed by atoms with Crippen molar-refractivity contribution >= 4 is 12.0 Å². The zero-order valence-corrected chi connectivity index (χ0v) is 11.9. The van der Waals surface area contributed by atoms with Crippen LogP contribution >= 0.6 is 0 Å². The molecule has 2 aromatic carbocycles. The molecule has 0 radical (unpaired) electrons. The summed E-state index contributed by atoms with van der Waals surface area (Å²) in [7, 11) is 0. The number of nitrogens with one attached hydrogen (secondary N) is 1. The summed E-state index contributed by atoms with van der Waals surface area (Å²) in [6.45, 7) is 0.233. The van der Waals surface area contributed by atoms with Gasteiger partial charge >= 0.3 is 6.18 Å². The summed E-state index contributed by atoms with van der Waals surface area (Å²) in [6, 6.07) is 10.2. The Morgan fingerprint density at radius 1 is 1.00 bits per heavy atom. The fourth-order valence-electron chi connectivity index (χ4n) is 1.81. The maximum absolute atomic E-state index is 12.7. The lowest BCUT2D eigenvalue weighted by Gasteiger charge is -2.06. The van der Waals surface area contributed by atoms with Gasteiger partial charge in [-0.3, -0.25) is 4.79 Å². The van der Waals surface area contributed by atoms with Crippen LogP contribution in [0.1, 0.15) is 16.7 Å². The Morgan fingerprint density at radius 2 is 1.61 bits per heavy atom. The first kappa shape index (κ1) is 16.7. The smallest absolute Gasteiger partial charge is 0.348 e. The highest BCUT2D eigenvalue weighted by molar-refractivity contribution is 5.91. The topological polar surface area (TPSA) is 29.1 Å². The molecule has 1 N–H and O–H groups in total. The van der Waals surface area contributed by atoms with Crippen LogP contribution in [0.5, 0.6) is 0 Å². The molecule has 120 valence electrons. The van der Waals surface area contributed by atoms with Crippen LogP contribution in [0.25, 0.3) is 6.08 Å². The number of alkyl halides is 3. The zero-order chi connectivity index (χ0) is 16.9. The lowest BCUT2D eigenvalue weighted by molar-refractivity contribution is -0.137. The van der Waals surface area contributed by atoms with Gasteiger partial charge in [0.1, 0.15) is 5.82 Å².